The van der Waals surface area contributed by atoms with Gasteiger partial charge >= 0.3 is 6.03 Å². The molecule has 5 amide bonds. The number of nitrogens with zero attached hydrogens (tertiary/aromatic N) is 2. The van der Waals surface area contributed by atoms with Gasteiger partial charge < -0.3 is 5.32 Å². The number of hydrogen-bond donors (Lipinski definition) is 1. The van der Waals surface area contributed by atoms with E-state index in [0.29, 0.717) is 17.5 Å². The lowest BCUT2D eigenvalue weighted by Crippen LogP contribution is -2.47. The summed E-state index contributed by atoms with van der Waals surface area (Å²) in [6.07, 6.45) is 2.21. The molecule has 146 valence electrons. The maximum Gasteiger partial charge on any atom is 0.325 e. The van der Waals surface area contributed by atoms with Gasteiger partial charge in [-0.15, -0.1) is 0 Å². The first-order chi connectivity index (χ1) is 14.0. The molecule has 2 aromatic rings. The molecule has 1 saturated heterocycles. The number of carbonyl (C=O) groups is 4. The van der Waals surface area contributed by atoms with Gasteiger partial charge in [0.05, 0.1) is 11.1 Å². The van der Waals surface area contributed by atoms with Crippen LogP contribution in [-0.4, -0.2) is 46.6 Å². The molecule has 29 heavy (non-hydrogen) atoms. The molecule has 0 bridgehead atoms. The molecule has 2 heterocycles. The van der Waals surface area contributed by atoms with E-state index in [9.17, 15) is 19.2 Å². The molecule has 5 rings (SSSR count). The van der Waals surface area contributed by atoms with Crippen LogP contribution in [0.5, 0.6) is 0 Å². The van der Waals surface area contributed by atoms with E-state index in [4.69, 9.17) is 0 Å². The van der Waals surface area contributed by atoms with Crippen LogP contribution in [0.25, 0.3) is 0 Å². The Hall–Kier alpha value is -3.48. The Morgan fingerprint density at radius 3 is 2.17 bits per heavy atom. The van der Waals surface area contributed by atoms with Crippen molar-refractivity contribution in [3.05, 3.63) is 70.8 Å². The fraction of sp³-hybridized carbons (Fsp3) is 0.273. The van der Waals surface area contributed by atoms with Gasteiger partial charge in [0.15, 0.2) is 0 Å². The molecule has 3 aliphatic rings. The third-order valence-electron chi connectivity index (χ3n) is 6.08. The average Bonchev–Trinajstić information content (AvgIpc) is 3.12. The van der Waals surface area contributed by atoms with Gasteiger partial charge in [-0.1, -0.05) is 36.4 Å². The minimum Gasteiger partial charge on any atom is -0.319 e. The number of amides is 5. The fourth-order valence-electron chi connectivity index (χ4n) is 4.66. The molecule has 1 fully saturated rings. The SMILES string of the molecule is O=C1NC2(CCCc3ccccc32)C(=O)N1CCN1C(=O)c2ccccc2C1=O. The second-order valence-electron chi connectivity index (χ2n) is 7.61. The van der Waals surface area contributed by atoms with Gasteiger partial charge in [-0.25, -0.2) is 4.79 Å². The van der Waals surface area contributed by atoms with Crippen molar-refractivity contribution in [2.75, 3.05) is 13.1 Å². The van der Waals surface area contributed by atoms with Gasteiger partial charge in [-0.2, -0.15) is 0 Å². The highest BCUT2D eigenvalue weighted by atomic mass is 16.2. The van der Waals surface area contributed by atoms with Gasteiger partial charge in [0.25, 0.3) is 17.7 Å². The summed E-state index contributed by atoms with van der Waals surface area (Å²) >= 11 is 0. The summed E-state index contributed by atoms with van der Waals surface area (Å²) in [6.45, 7) is -0.0523. The van der Waals surface area contributed by atoms with Crippen molar-refractivity contribution in [2.24, 2.45) is 0 Å². The third kappa shape index (κ3) is 2.43. The molecule has 1 spiro atoms. The summed E-state index contributed by atoms with van der Waals surface area (Å²) in [4.78, 5) is 53.3. The lowest BCUT2D eigenvalue weighted by atomic mass is 9.76. The van der Waals surface area contributed by atoms with Crippen molar-refractivity contribution >= 4 is 23.8 Å². The van der Waals surface area contributed by atoms with Crippen molar-refractivity contribution < 1.29 is 19.2 Å². The molecule has 2 aliphatic heterocycles. The van der Waals surface area contributed by atoms with Crippen LogP contribution < -0.4 is 5.32 Å². The Labute approximate surface area is 167 Å². The number of carbonyl (C=O) groups excluding carboxylic acids is 4. The number of urea groups is 1. The first-order valence-corrected chi connectivity index (χ1v) is 9.71. The lowest BCUT2D eigenvalue weighted by molar-refractivity contribution is -0.132. The normalized spacial score (nSPS) is 22.9. The molecule has 2 aromatic carbocycles. The molecule has 1 aliphatic carbocycles. The van der Waals surface area contributed by atoms with Crippen LogP contribution in [0.15, 0.2) is 48.5 Å². The molecular formula is C22H19N3O4. The number of hydrogen-bond acceptors (Lipinski definition) is 4. The Kier molecular flexibility index (Phi) is 3.81. The topological polar surface area (TPSA) is 86.8 Å². The summed E-state index contributed by atoms with van der Waals surface area (Å²) in [7, 11) is 0. The average molecular weight is 389 g/mol. The van der Waals surface area contributed by atoms with Crippen molar-refractivity contribution in [1.29, 1.82) is 0 Å². The minimum absolute atomic E-state index is 0.0246. The smallest absolute Gasteiger partial charge is 0.319 e. The third-order valence-corrected chi connectivity index (χ3v) is 6.08. The van der Waals surface area contributed by atoms with E-state index in [0.717, 1.165) is 33.8 Å². The summed E-state index contributed by atoms with van der Waals surface area (Å²) in [5, 5.41) is 2.89. The molecule has 0 aromatic heterocycles. The van der Waals surface area contributed by atoms with Crippen LogP contribution in [0.1, 0.15) is 44.7 Å². The summed E-state index contributed by atoms with van der Waals surface area (Å²) < 4.78 is 0. The quantitative estimate of drug-likeness (QED) is 0.643. The molecule has 0 radical (unpaired) electrons. The first-order valence-electron chi connectivity index (χ1n) is 9.71. The molecule has 7 nitrogen and oxygen atoms in total. The van der Waals surface area contributed by atoms with Crippen molar-refractivity contribution in [1.82, 2.24) is 15.1 Å². The molecule has 7 heteroatoms. The van der Waals surface area contributed by atoms with Crippen LogP contribution in [0.4, 0.5) is 4.79 Å². The van der Waals surface area contributed by atoms with Gasteiger partial charge in [0.2, 0.25) is 0 Å². The standard InChI is InChI=1S/C22H19N3O4/c26-18-15-8-2-3-9-16(15)19(27)24(18)12-13-25-20(28)22(23-21(25)29)11-5-7-14-6-1-4-10-17(14)22/h1-4,6,8-10H,5,7,11-13H2,(H,23,29). The summed E-state index contributed by atoms with van der Waals surface area (Å²) in [5.41, 5.74) is 1.57. The highest BCUT2D eigenvalue weighted by Gasteiger charge is 2.54. The number of benzene rings is 2. The van der Waals surface area contributed by atoms with E-state index >= 15 is 0 Å². The Balaban J connectivity index is 1.38. The Morgan fingerprint density at radius 1 is 0.828 bits per heavy atom. The fourth-order valence-corrected chi connectivity index (χ4v) is 4.66. The van der Waals surface area contributed by atoms with Crippen LogP contribution >= 0.6 is 0 Å². The molecule has 1 N–H and O–H groups in total. The number of rotatable bonds is 3. The van der Waals surface area contributed by atoms with Gasteiger partial charge in [0, 0.05) is 13.1 Å². The first kappa shape index (κ1) is 17.6. The number of aryl methyl sites for hydroxylation is 1. The number of nitrogens with one attached hydrogen (secondary N) is 1. The van der Waals surface area contributed by atoms with E-state index < -0.39 is 23.4 Å². The van der Waals surface area contributed by atoms with E-state index in [1.165, 1.54) is 0 Å². The molecule has 1 atom stereocenters. The Morgan fingerprint density at radius 2 is 1.45 bits per heavy atom. The highest BCUT2D eigenvalue weighted by molar-refractivity contribution is 6.21. The maximum atomic E-state index is 13.3. The van der Waals surface area contributed by atoms with Crippen LogP contribution in [-0.2, 0) is 16.8 Å². The van der Waals surface area contributed by atoms with Gasteiger partial charge in [-0.05, 0) is 42.5 Å². The van der Waals surface area contributed by atoms with Gasteiger partial charge in [0.1, 0.15) is 5.54 Å². The predicted octanol–water partition coefficient (Wildman–Crippen LogP) is 2.07. The second-order valence-corrected chi connectivity index (χ2v) is 7.61. The monoisotopic (exact) mass is 389 g/mol. The molecule has 0 saturated carbocycles. The second kappa shape index (κ2) is 6.27. The lowest BCUT2D eigenvalue weighted by Gasteiger charge is -2.33. The zero-order chi connectivity index (χ0) is 20.2. The van der Waals surface area contributed by atoms with E-state index in [1.807, 2.05) is 24.3 Å². The Bertz CT molecular complexity index is 1040. The van der Waals surface area contributed by atoms with E-state index in [-0.39, 0.29) is 19.0 Å². The number of fused-ring (bicyclic) bond motifs is 3. The summed E-state index contributed by atoms with van der Waals surface area (Å²) in [6, 6.07) is 13.8. The molecular weight excluding hydrogens is 370 g/mol. The van der Waals surface area contributed by atoms with Crippen molar-refractivity contribution in [2.45, 2.75) is 24.8 Å². The zero-order valence-electron chi connectivity index (χ0n) is 15.7. The summed E-state index contributed by atoms with van der Waals surface area (Å²) in [5.74, 6) is -1.10. The van der Waals surface area contributed by atoms with Crippen molar-refractivity contribution in [3.63, 3.8) is 0 Å². The van der Waals surface area contributed by atoms with E-state index in [1.54, 1.807) is 24.3 Å². The van der Waals surface area contributed by atoms with Crippen LogP contribution in [0.3, 0.4) is 0 Å². The van der Waals surface area contributed by atoms with Crippen LogP contribution in [0, 0.1) is 0 Å². The van der Waals surface area contributed by atoms with Gasteiger partial charge in [-0.3, -0.25) is 24.2 Å². The van der Waals surface area contributed by atoms with Crippen molar-refractivity contribution in [3.8, 4) is 0 Å². The highest BCUT2D eigenvalue weighted by Crippen LogP contribution is 2.39. The zero-order valence-corrected chi connectivity index (χ0v) is 15.7. The minimum atomic E-state index is -1.05. The largest absolute Gasteiger partial charge is 0.325 e. The predicted molar refractivity (Wildman–Crippen MR) is 103 cm³/mol. The maximum absolute atomic E-state index is 13.3. The molecule has 1 unspecified atom stereocenters. The van der Waals surface area contributed by atoms with E-state index in [2.05, 4.69) is 5.32 Å². The van der Waals surface area contributed by atoms with Crippen LogP contribution in [0.2, 0.25) is 0 Å². The number of imide groups is 2.